The molecule has 15 heavy (non-hydrogen) atoms. The van der Waals surface area contributed by atoms with E-state index in [2.05, 4.69) is 0 Å². The van der Waals surface area contributed by atoms with Crippen molar-refractivity contribution in [3.05, 3.63) is 27.2 Å². The molecule has 0 heterocycles. The maximum absolute atomic E-state index is 10.7. The summed E-state index contributed by atoms with van der Waals surface area (Å²) in [6.45, 7) is 0. The van der Waals surface area contributed by atoms with Crippen molar-refractivity contribution in [3.8, 4) is 0 Å². The van der Waals surface area contributed by atoms with Gasteiger partial charge in [-0.3, -0.25) is 0 Å². The molecule has 1 aromatic rings. The number of rotatable bonds is 1. The van der Waals surface area contributed by atoms with Crippen molar-refractivity contribution in [2.24, 2.45) is 0 Å². The summed E-state index contributed by atoms with van der Waals surface area (Å²) in [6.07, 6.45) is 0. The van der Waals surface area contributed by atoms with E-state index in [0.29, 0.717) is 0 Å². The summed E-state index contributed by atoms with van der Waals surface area (Å²) in [5.41, 5.74) is 0. The first kappa shape index (κ1) is 19.7. The Morgan fingerprint density at radius 2 is 1.27 bits per heavy atom. The van der Waals surface area contributed by atoms with Crippen molar-refractivity contribution in [1.82, 2.24) is 0 Å². The van der Waals surface area contributed by atoms with E-state index < -0.39 is 13.2 Å². The number of benzene rings is 1. The first-order chi connectivity index (χ1) is 5.84. The zero-order valence-corrected chi connectivity index (χ0v) is 15.1. The third kappa shape index (κ3) is 5.27. The van der Waals surface area contributed by atoms with Crippen LogP contribution in [0.3, 0.4) is 0 Å². The minimum absolute atomic E-state index is 0. The number of hydrogen-bond donors (Lipinski definition) is 0. The molecule has 1 aromatic carbocycles. The Hall–Kier alpha value is 2.40. The Balaban J connectivity index is 0. The molecular formula is C6H2Cl3Na2O3P. The predicted octanol–water partition coefficient (Wildman–Crippen LogP) is -5.88. The van der Waals surface area contributed by atoms with Crippen molar-refractivity contribution in [3.63, 3.8) is 0 Å². The first-order valence-corrected chi connectivity index (χ1v) is 5.68. The molecule has 0 bridgehead atoms. The summed E-state index contributed by atoms with van der Waals surface area (Å²) in [6, 6.07) is 2.51. The molecule has 0 aliphatic rings. The topological polar surface area (TPSA) is 69.2 Å². The maximum Gasteiger partial charge on any atom is 1.00 e. The molecule has 0 radical (unpaired) electrons. The fourth-order valence-corrected chi connectivity index (χ4v) is 2.68. The van der Waals surface area contributed by atoms with Gasteiger partial charge in [0.25, 0.3) is 0 Å². The van der Waals surface area contributed by atoms with Gasteiger partial charge in [-0.2, -0.15) is 0 Å². The molecule has 0 saturated heterocycles. The van der Waals surface area contributed by atoms with Crippen molar-refractivity contribution in [1.29, 1.82) is 0 Å². The number of hydrogen-bond acceptors (Lipinski definition) is 3. The van der Waals surface area contributed by atoms with Gasteiger partial charge in [-0.15, -0.1) is 7.94 Å². The molecule has 0 aromatic heterocycles. The summed E-state index contributed by atoms with van der Waals surface area (Å²) in [5, 5.41) is -1.22. The van der Waals surface area contributed by atoms with Gasteiger partial charge in [0.2, 0.25) is 0 Å². The Morgan fingerprint density at radius 3 is 1.60 bits per heavy atom. The van der Waals surface area contributed by atoms with Crippen LogP contribution in [0.25, 0.3) is 0 Å². The normalized spacial score (nSPS) is 10.3. The molecule has 3 nitrogen and oxygen atoms in total. The SMILES string of the molecule is [Na+].[Na+].[O-][P+]([O-])([O-])c1c(Cl)ccc(Cl)c1Cl. The monoisotopic (exact) mass is 304 g/mol. The van der Waals surface area contributed by atoms with Crippen LogP contribution in [-0.2, 0) is 0 Å². The van der Waals surface area contributed by atoms with E-state index in [1.54, 1.807) is 0 Å². The largest absolute Gasteiger partial charge is 1.00 e. The van der Waals surface area contributed by atoms with Crippen molar-refractivity contribution >= 4 is 48.1 Å². The Labute approximate surface area is 147 Å². The van der Waals surface area contributed by atoms with E-state index in [9.17, 15) is 14.7 Å². The van der Waals surface area contributed by atoms with E-state index in [1.165, 1.54) is 12.1 Å². The van der Waals surface area contributed by atoms with Crippen LogP contribution in [0.2, 0.25) is 15.1 Å². The van der Waals surface area contributed by atoms with Gasteiger partial charge in [-0.25, -0.2) is 0 Å². The first-order valence-electron chi connectivity index (χ1n) is 3.00. The molecule has 0 unspecified atom stereocenters. The van der Waals surface area contributed by atoms with Crippen LogP contribution in [0.1, 0.15) is 0 Å². The summed E-state index contributed by atoms with van der Waals surface area (Å²) in [5.74, 6) is 0. The van der Waals surface area contributed by atoms with Crippen molar-refractivity contribution in [2.75, 3.05) is 0 Å². The Kier molecular flexibility index (Phi) is 10.2. The van der Waals surface area contributed by atoms with Gasteiger partial charge in [-0.1, -0.05) is 34.8 Å². The molecule has 72 valence electrons. The Morgan fingerprint density at radius 1 is 0.867 bits per heavy atom. The van der Waals surface area contributed by atoms with E-state index in [1.807, 2.05) is 0 Å². The predicted molar refractivity (Wildman–Crippen MR) is 48.0 cm³/mol. The van der Waals surface area contributed by atoms with Gasteiger partial charge in [0, 0.05) is 0 Å². The molecule has 9 heteroatoms. The summed E-state index contributed by atoms with van der Waals surface area (Å²) in [7, 11) is -4.97. The van der Waals surface area contributed by atoms with Crippen LogP contribution in [0.5, 0.6) is 0 Å². The van der Waals surface area contributed by atoms with E-state index in [4.69, 9.17) is 34.8 Å². The third-order valence-electron chi connectivity index (χ3n) is 1.29. The Bertz CT molecular complexity index is 345. The summed E-state index contributed by atoms with van der Waals surface area (Å²) < 4.78 is 0. The minimum Gasteiger partial charge on any atom is -0.683 e. The van der Waals surface area contributed by atoms with E-state index in [-0.39, 0.29) is 74.2 Å². The smallest absolute Gasteiger partial charge is 0.683 e. The molecule has 0 aliphatic heterocycles. The quantitative estimate of drug-likeness (QED) is 0.295. The second-order valence-electron chi connectivity index (χ2n) is 2.19. The third-order valence-corrected chi connectivity index (χ3v) is 3.69. The molecule has 0 amide bonds. The molecule has 0 fully saturated rings. The molecule has 0 saturated carbocycles. The average molecular weight is 305 g/mol. The second-order valence-corrected chi connectivity index (χ2v) is 4.82. The van der Waals surface area contributed by atoms with Crippen LogP contribution < -0.4 is 79.1 Å². The minimum atomic E-state index is -4.97. The van der Waals surface area contributed by atoms with Gasteiger partial charge >= 0.3 is 59.1 Å². The summed E-state index contributed by atoms with van der Waals surface area (Å²) >= 11 is 16.5. The van der Waals surface area contributed by atoms with Crippen LogP contribution in [0, 0.1) is 0 Å². The molecular weight excluding hydrogens is 303 g/mol. The molecule has 0 spiro atoms. The van der Waals surface area contributed by atoms with Gasteiger partial charge in [-0.05, 0) is 12.1 Å². The second kappa shape index (κ2) is 7.75. The van der Waals surface area contributed by atoms with Gasteiger partial charge in [0.15, 0.2) is 0 Å². The van der Waals surface area contributed by atoms with Gasteiger partial charge < -0.3 is 14.7 Å². The zero-order chi connectivity index (χ0) is 10.2. The molecule has 0 aliphatic carbocycles. The van der Waals surface area contributed by atoms with Crippen LogP contribution in [-0.4, -0.2) is 0 Å². The molecule has 1 rings (SSSR count). The van der Waals surface area contributed by atoms with Crippen LogP contribution >= 0.6 is 42.7 Å². The van der Waals surface area contributed by atoms with Crippen molar-refractivity contribution in [2.45, 2.75) is 0 Å². The van der Waals surface area contributed by atoms with E-state index >= 15 is 0 Å². The van der Waals surface area contributed by atoms with Gasteiger partial charge in [0.1, 0.15) is 10.3 Å². The zero-order valence-electron chi connectivity index (χ0n) is 7.96. The fraction of sp³-hybridized carbons (Fsp3) is 0. The molecule has 0 N–H and O–H groups in total. The standard InChI is InChI=1S/C6H4Cl3O3P.2Na/c7-3-1-2-4(8)6(5(3)9)13(10,11)12;;/h1-2H,(H2,10,11,12);;/q;2*+1/p-2. The van der Waals surface area contributed by atoms with Gasteiger partial charge in [0.05, 0.1) is 10.0 Å². The van der Waals surface area contributed by atoms with Crippen LogP contribution in [0.15, 0.2) is 12.1 Å². The average Bonchev–Trinajstić information content (AvgIpc) is 1.95. The maximum atomic E-state index is 10.7. The van der Waals surface area contributed by atoms with Crippen LogP contribution in [0.4, 0.5) is 0 Å². The molecule has 0 atom stereocenters. The number of halogens is 3. The van der Waals surface area contributed by atoms with E-state index in [0.717, 1.165) is 0 Å². The van der Waals surface area contributed by atoms with Crippen molar-refractivity contribution < 1.29 is 73.8 Å². The fourth-order valence-electron chi connectivity index (χ4n) is 0.767. The summed E-state index contributed by atoms with van der Waals surface area (Å²) in [4.78, 5) is 32.0.